The van der Waals surface area contributed by atoms with Crippen LogP contribution in [-0.4, -0.2) is 28.3 Å². The summed E-state index contributed by atoms with van der Waals surface area (Å²) in [6.45, 7) is 6.86. The smallest absolute Gasteiger partial charge is 0.221 e. The number of para-hydroxylation sites is 1. The van der Waals surface area contributed by atoms with Gasteiger partial charge in [-0.3, -0.25) is 4.98 Å². The fourth-order valence-electron chi connectivity index (χ4n) is 3.25. The molecule has 8 heteroatoms. The van der Waals surface area contributed by atoms with E-state index in [9.17, 15) is 5.26 Å². The monoisotopic (exact) mass is 441 g/mol. The Morgan fingerprint density at radius 3 is 2.61 bits per heavy atom. The van der Waals surface area contributed by atoms with Gasteiger partial charge in [0.25, 0.3) is 0 Å². The molecule has 2 heterocycles. The third kappa shape index (κ3) is 5.52. The van der Waals surface area contributed by atoms with E-state index in [1.807, 2.05) is 18.2 Å². The SMILES string of the molecule is COc1c(C#N)cccc1-c1cc(/C(C=N)=C/NCc2cccc(C(C)(C)C)n2)nc(N)n1. The van der Waals surface area contributed by atoms with E-state index in [4.69, 9.17) is 20.9 Å². The van der Waals surface area contributed by atoms with Gasteiger partial charge in [-0.15, -0.1) is 0 Å². The fourth-order valence-corrected chi connectivity index (χ4v) is 3.25. The highest BCUT2D eigenvalue weighted by Gasteiger charge is 2.16. The maximum atomic E-state index is 9.37. The summed E-state index contributed by atoms with van der Waals surface area (Å²) in [5.41, 5.74) is 10.3. The number of hydrogen-bond acceptors (Lipinski definition) is 8. The Hall–Kier alpha value is -4.25. The number of allylic oxidation sites excluding steroid dienone is 1. The molecule has 0 saturated heterocycles. The van der Waals surface area contributed by atoms with E-state index in [1.54, 1.807) is 30.5 Å². The summed E-state index contributed by atoms with van der Waals surface area (Å²) < 4.78 is 5.43. The molecular weight excluding hydrogens is 414 g/mol. The van der Waals surface area contributed by atoms with Crippen molar-refractivity contribution in [3.63, 3.8) is 0 Å². The van der Waals surface area contributed by atoms with Crippen molar-refractivity contribution < 1.29 is 4.74 Å². The van der Waals surface area contributed by atoms with Crippen molar-refractivity contribution in [3.8, 4) is 23.1 Å². The number of rotatable bonds is 7. The number of anilines is 1. The molecule has 4 N–H and O–H groups in total. The average Bonchev–Trinajstić information content (AvgIpc) is 2.80. The lowest BCUT2D eigenvalue weighted by atomic mass is 9.91. The second kappa shape index (κ2) is 9.92. The number of benzene rings is 1. The molecule has 0 atom stereocenters. The van der Waals surface area contributed by atoms with Crippen LogP contribution in [0.25, 0.3) is 16.8 Å². The Morgan fingerprint density at radius 2 is 1.94 bits per heavy atom. The highest BCUT2D eigenvalue weighted by molar-refractivity contribution is 6.07. The maximum Gasteiger partial charge on any atom is 0.221 e. The molecule has 8 nitrogen and oxygen atoms in total. The number of ether oxygens (including phenoxy) is 1. The van der Waals surface area contributed by atoms with Crippen molar-refractivity contribution in [3.05, 3.63) is 71.3 Å². The van der Waals surface area contributed by atoms with E-state index in [0.29, 0.717) is 40.4 Å². The Morgan fingerprint density at radius 1 is 1.18 bits per heavy atom. The van der Waals surface area contributed by atoms with E-state index in [1.165, 1.54) is 13.3 Å². The number of nitrogen functional groups attached to an aromatic ring is 1. The zero-order valence-corrected chi connectivity index (χ0v) is 19.2. The molecular formula is C25H27N7O. The van der Waals surface area contributed by atoms with Gasteiger partial charge in [-0.1, -0.05) is 32.9 Å². The summed E-state index contributed by atoms with van der Waals surface area (Å²) in [7, 11) is 1.50. The number of nitrogens with two attached hydrogens (primary N) is 1. The van der Waals surface area contributed by atoms with Gasteiger partial charge < -0.3 is 21.2 Å². The van der Waals surface area contributed by atoms with Gasteiger partial charge in [0.1, 0.15) is 11.8 Å². The summed E-state index contributed by atoms with van der Waals surface area (Å²) in [4.78, 5) is 13.3. The van der Waals surface area contributed by atoms with E-state index >= 15 is 0 Å². The van der Waals surface area contributed by atoms with Gasteiger partial charge in [0.15, 0.2) is 0 Å². The van der Waals surface area contributed by atoms with Crippen molar-refractivity contribution in [1.82, 2.24) is 20.3 Å². The lowest BCUT2D eigenvalue weighted by molar-refractivity contribution is 0.415. The molecule has 3 aromatic rings. The molecule has 0 unspecified atom stereocenters. The normalized spacial score (nSPS) is 11.5. The number of methoxy groups -OCH3 is 1. The first kappa shape index (κ1) is 23.4. The highest BCUT2D eigenvalue weighted by atomic mass is 16.5. The van der Waals surface area contributed by atoms with Crippen LogP contribution in [0.5, 0.6) is 5.75 Å². The third-order valence-electron chi connectivity index (χ3n) is 4.93. The third-order valence-corrected chi connectivity index (χ3v) is 4.93. The predicted octanol–water partition coefficient (Wildman–Crippen LogP) is 4.08. The number of nitrogens with zero attached hydrogens (tertiary/aromatic N) is 4. The van der Waals surface area contributed by atoms with Gasteiger partial charge in [0.2, 0.25) is 5.95 Å². The molecule has 0 amide bonds. The lowest BCUT2D eigenvalue weighted by Crippen LogP contribution is -2.16. The number of nitrogens with one attached hydrogen (secondary N) is 2. The molecule has 0 aliphatic heterocycles. The van der Waals surface area contributed by atoms with Crippen molar-refractivity contribution >= 4 is 17.7 Å². The second-order valence-corrected chi connectivity index (χ2v) is 8.38. The first-order chi connectivity index (χ1) is 15.8. The second-order valence-electron chi connectivity index (χ2n) is 8.38. The minimum absolute atomic E-state index is 0.0369. The summed E-state index contributed by atoms with van der Waals surface area (Å²) in [6.07, 6.45) is 2.90. The molecule has 0 fully saturated rings. The van der Waals surface area contributed by atoms with Crippen LogP contribution in [-0.2, 0) is 12.0 Å². The first-order valence-electron chi connectivity index (χ1n) is 10.4. The van der Waals surface area contributed by atoms with Gasteiger partial charge in [-0.05, 0) is 30.3 Å². The molecule has 0 saturated carbocycles. The molecule has 3 rings (SSSR count). The van der Waals surface area contributed by atoms with Crippen LogP contribution >= 0.6 is 0 Å². The molecule has 33 heavy (non-hydrogen) atoms. The molecule has 0 spiro atoms. The Kier molecular flexibility index (Phi) is 7.04. The minimum Gasteiger partial charge on any atom is -0.495 e. The first-order valence-corrected chi connectivity index (χ1v) is 10.4. The molecule has 0 bridgehead atoms. The number of hydrogen-bond donors (Lipinski definition) is 3. The van der Waals surface area contributed by atoms with Gasteiger partial charge >= 0.3 is 0 Å². The zero-order chi connectivity index (χ0) is 24.0. The Balaban J connectivity index is 1.90. The quantitative estimate of drug-likeness (QED) is 0.470. The van der Waals surface area contributed by atoms with E-state index in [-0.39, 0.29) is 11.4 Å². The summed E-state index contributed by atoms with van der Waals surface area (Å²) >= 11 is 0. The van der Waals surface area contributed by atoms with Gasteiger partial charge in [0, 0.05) is 34.7 Å². The van der Waals surface area contributed by atoms with Gasteiger partial charge in [-0.2, -0.15) is 5.26 Å². The summed E-state index contributed by atoms with van der Waals surface area (Å²) in [5, 5.41) is 20.4. The highest BCUT2D eigenvalue weighted by Crippen LogP contribution is 2.32. The number of nitriles is 1. The number of pyridine rings is 1. The molecule has 0 radical (unpaired) electrons. The van der Waals surface area contributed by atoms with Gasteiger partial charge in [0.05, 0.1) is 36.3 Å². The van der Waals surface area contributed by atoms with Crippen LogP contribution in [0.3, 0.4) is 0 Å². The van der Waals surface area contributed by atoms with Gasteiger partial charge in [-0.25, -0.2) is 9.97 Å². The largest absolute Gasteiger partial charge is 0.495 e. The van der Waals surface area contributed by atoms with Crippen LogP contribution in [0.1, 0.15) is 43.4 Å². The van der Waals surface area contributed by atoms with Crippen LogP contribution in [0.2, 0.25) is 0 Å². The van der Waals surface area contributed by atoms with Crippen LogP contribution in [0.15, 0.2) is 48.7 Å². The fraction of sp³-hybridized carbons (Fsp3) is 0.240. The summed E-state index contributed by atoms with van der Waals surface area (Å²) in [5.74, 6) is 0.464. The van der Waals surface area contributed by atoms with Crippen LogP contribution in [0.4, 0.5) is 5.95 Å². The van der Waals surface area contributed by atoms with E-state index in [2.05, 4.69) is 42.1 Å². The zero-order valence-electron chi connectivity index (χ0n) is 19.2. The summed E-state index contributed by atoms with van der Waals surface area (Å²) in [6, 6.07) is 15.0. The molecule has 168 valence electrons. The molecule has 0 aliphatic carbocycles. The molecule has 1 aromatic carbocycles. The van der Waals surface area contributed by atoms with E-state index < -0.39 is 0 Å². The average molecular weight is 442 g/mol. The van der Waals surface area contributed by atoms with E-state index in [0.717, 1.165) is 11.4 Å². The predicted molar refractivity (Wildman–Crippen MR) is 130 cm³/mol. The van der Waals surface area contributed by atoms with Crippen molar-refractivity contribution in [2.24, 2.45) is 0 Å². The van der Waals surface area contributed by atoms with Crippen molar-refractivity contribution in [2.75, 3.05) is 12.8 Å². The maximum absolute atomic E-state index is 9.37. The van der Waals surface area contributed by atoms with Crippen LogP contribution < -0.4 is 15.8 Å². The Labute approximate surface area is 193 Å². The van der Waals surface area contributed by atoms with Crippen molar-refractivity contribution in [1.29, 1.82) is 10.7 Å². The Bertz CT molecular complexity index is 1240. The molecule has 2 aromatic heterocycles. The minimum atomic E-state index is -0.0369. The molecule has 0 aliphatic rings. The number of aromatic nitrogens is 3. The van der Waals surface area contributed by atoms with Crippen LogP contribution in [0, 0.1) is 16.7 Å². The lowest BCUT2D eigenvalue weighted by Gasteiger charge is -2.18. The topological polar surface area (TPSA) is 134 Å². The van der Waals surface area contributed by atoms with Crippen molar-refractivity contribution in [2.45, 2.75) is 32.7 Å². The standard InChI is InChI=1S/C25H27N7O/c1-25(2,3)22-10-6-8-18(30-22)15-29-14-17(13-27)20-11-21(32-24(28)31-20)19-9-5-7-16(12-26)23(19)33-4/h5-11,13-14,27,29H,15H2,1-4H3,(H2,28,31,32)/b17-14+,27-13?.